The number of likely N-dealkylation sites (tertiary alicyclic amines) is 1. The SMILES string of the molecule is CSC(C)C(=O)N1CCC(CN)CC1. The van der Waals surface area contributed by atoms with Crippen molar-refractivity contribution in [3.8, 4) is 0 Å². The molecular formula is C10H20N2OS. The van der Waals surface area contributed by atoms with E-state index in [1.807, 2.05) is 18.1 Å². The topological polar surface area (TPSA) is 46.3 Å². The predicted molar refractivity (Wildman–Crippen MR) is 61.3 cm³/mol. The standard InChI is InChI=1S/C10H20N2OS/c1-8(14-2)10(13)12-5-3-9(7-11)4-6-12/h8-9H,3-7,11H2,1-2H3. The second-order valence-electron chi connectivity index (χ2n) is 3.88. The molecule has 2 N–H and O–H groups in total. The van der Waals surface area contributed by atoms with Crippen LogP contribution in [-0.2, 0) is 4.79 Å². The van der Waals surface area contributed by atoms with Gasteiger partial charge in [0.25, 0.3) is 0 Å². The van der Waals surface area contributed by atoms with Gasteiger partial charge in [-0.2, -0.15) is 11.8 Å². The van der Waals surface area contributed by atoms with Gasteiger partial charge in [0, 0.05) is 13.1 Å². The van der Waals surface area contributed by atoms with Crippen LogP contribution in [-0.4, -0.2) is 41.9 Å². The van der Waals surface area contributed by atoms with E-state index < -0.39 is 0 Å². The molecule has 1 unspecified atom stereocenters. The Balaban J connectivity index is 2.37. The van der Waals surface area contributed by atoms with E-state index in [0.29, 0.717) is 5.92 Å². The molecule has 0 aromatic heterocycles. The molecular weight excluding hydrogens is 196 g/mol. The predicted octanol–water partition coefficient (Wildman–Crippen LogP) is 0.935. The molecule has 0 aliphatic carbocycles. The van der Waals surface area contributed by atoms with E-state index in [1.165, 1.54) is 0 Å². The number of amides is 1. The van der Waals surface area contributed by atoms with Gasteiger partial charge in [-0.05, 0) is 38.5 Å². The van der Waals surface area contributed by atoms with Crippen molar-refractivity contribution >= 4 is 17.7 Å². The van der Waals surface area contributed by atoms with Crippen LogP contribution in [0.1, 0.15) is 19.8 Å². The molecule has 1 aliphatic rings. The summed E-state index contributed by atoms with van der Waals surface area (Å²) in [5.74, 6) is 0.914. The van der Waals surface area contributed by atoms with Crippen molar-refractivity contribution in [1.29, 1.82) is 0 Å². The molecule has 4 heteroatoms. The number of thioether (sulfide) groups is 1. The van der Waals surface area contributed by atoms with Gasteiger partial charge in [-0.1, -0.05) is 0 Å². The fourth-order valence-corrected chi connectivity index (χ4v) is 2.10. The van der Waals surface area contributed by atoms with Gasteiger partial charge in [-0.15, -0.1) is 0 Å². The Morgan fingerprint density at radius 2 is 2.14 bits per heavy atom. The Hall–Kier alpha value is -0.220. The van der Waals surface area contributed by atoms with Crippen molar-refractivity contribution in [3.63, 3.8) is 0 Å². The first-order chi connectivity index (χ1) is 6.69. The first kappa shape index (κ1) is 11.9. The van der Waals surface area contributed by atoms with E-state index in [9.17, 15) is 4.79 Å². The summed E-state index contributed by atoms with van der Waals surface area (Å²) in [6.45, 7) is 4.53. The van der Waals surface area contributed by atoms with Crippen molar-refractivity contribution in [2.45, 2.75) is 25.0 Å². The molecule has 1 atom stereocenters. The Bertz CT molecular complexity index is 191. The number of nitrogens with zero attached hydrogens (tertiary/aromatic N) is 1. The van der Waals surface area contributed by atoms with Gasteiger partial charge in [-0.25, -0.2) is 0 Å². The molecule has 0 saturated carbocycles. The van der Waals surface area contributed by atoms with Crippen LogP contribution in [0, 0.1) is 5.92 Å². The Kier molecular flexibility index (Phi) is 4.75. The maximum atomic E-state index is 11.8. The van der Waals surface area contributed by atoms with Crippen LogP contribution in [0.2, 0.25) is 0 Å². The molecule has 0 aromatic rings. The summed E-state index contributed by atoms with van der Waals surface area (Å²) in [6, 6.07) is 0. The van der Waals surface area contributed by atoms with E-state index in [0.717, 1.165) is 32.5 Å². The van der Waals surface area contributed by atoms with E-state index in [-0.39, 0.29) is 11.2 Å². The van der Waals surface area contributed by atoms with Crippen LogP contribution >= 0.6 is 11.8 Å². The number of carbonyl (C=O) groups excluding carboxylic acids is 1. The van der Waals surface area contributed by atoms with Crippen LogP contribution in [0.5, 0.6) is 0 Å². The van der Waals surface area contributed by atoms with Crippen LogP contribution in [0.3, 0.4) is 0 Å². The largest absolute Gasteiger partial charge is 0.342 e. The van der Waals surface area contributed by atoms with Gasteiger partial charge >= 0.3 is 0 Å². The van der Waals surface area contributed by atoms with Crippen LogP contribution in [0.4, 0.5) is 0 Å². The average molecular weight is 216 g/mol. The number of nitrogens with two attached hydrogens (primary N) is 1. The van der Waals surface area contributed by atoms with E-state index in [2.05, 4.69) is 0 Å². The van der Waals surface area contributed by atoms with Gasteiger partial charge in [0.1, 0.15) is 0 Å². The summed E-state index contributed by atoms with van der Waals surface area (Å²) >= 11 is 1.62. The molecule has 1 amide bonds. The Morgan fingerprint density at radius 3 is 2.57 bits per heavy atom. The molecule has 1 rings (SSSR count). The lowest BCUT2D eigenvalue weighted by Gasteiger charge is -2.32. The fourth-order valence-electron chi connectivity index (χ4n) is 1.75. The van der Waals surface area contributed by atoms with E-state index in [1.54, 1.807) is 11.8 Å². The summed E-state index contributed by atoms with van der Waals surface area (Å²) < 4.78 is 0. The maximum Gasteiger partial charge on any atom is 0.235 e. The molecule has 1 fully saturated rings. The molecule has 0 radical (unpaired) electrons. The molecule has 1 saturated heterocycles. The summed E-state index contributed by atoms with van der Waals surface area (Å²) in [7, 11) is 0. The Labute approximate surface area is 90.4 Å². The molecule has 3 nitrogen and oxygen atoms in total. The molecule has 1 heterocycles. The number of piperidine rings is 1. The maximum absolute atomic E-state index is 11.8. The zero-order valence-electron chi connectivity index (χ0n) is 9.03. The number of hydrogen-bond acceptors (Lipinski definition) is 3. The first-order valence-electron chi connectivity index (χ1n) is 5.20. The summed E-state index contributed by atoms with van der Waals surface area (Å²) in [6.07, 6.45) is 4.13. The normalized spacial score (nSPS) is 20.9. The monoisotopic (exact) mass is 216 g/mol. The van der Waals surface area contributed by atoms with E-state index in [4.69, 9.17) is 5.73 Å². The highest BCUT2D eigenvalue weighted by Gasteiger charge is 2.24. The summed E-state index contributed by atoms with van der Waals surface area (Å²) in [5, 5.41) is 0.101. The minimum absolute atomic E-state index is 0.101. The molecule has 1 aliphatic heterocycles. The minimum atomic E-state index is 0.101. The van der Waals surface area contributed by atoms with Crippen LogP contribution < -0.4 is 5.73 Å². The Morgan fingerprint density at radius 1 is 1.57 bits per heavy atom. The fraction of sp³-hybridized carbons (Fsp3) is 0.900. The lowest BCUT2D eigenvalue weighted by atomic mass is 9.97. The smallest absolute Gasteiger partial charge is 0.235 e. The minimum Gasteiger partial charge on any atom is -0.342 e. The molecule has 0 aromatic carbocycles. The third kappa shape index (κ3) is 2.89. The number of hydrogen-bond donors (Lipinski definition) is 1. The number of carbonyl (C=O) groups is 1. The quantitative estimate of drug-likeness (QED) is 0.763. The van der Waals surface area contributed by atoms with Crippen molar-refractivity contribution in [2.75, 3.05) is 25.9 Å². The molecule has 0 spiro atoms. The first-order valence-corrected chi connectivity index (χ1v) is 6.49. The van der Waals surface area contributed by atoms with Crippen molar-refractivity contribution < 1.29 is 4.79 Å². The van der Waals surface area contributed by atoms with Gasteiger partial charge in [0.05, 0.1) is 5.25 Å². The zero-order valence-corrected chi connectivity index (χ0v) is 9.85. The third-order valence-corrected chi connectivity index (χ3v) is 3.87. The lowest BCUT2D eigenvalue weighted by molar-refractivity contribution is -0.131. The molecule has 14 heavy (non-hydrogen) atoms. The highest BCUT2D eigenvalue weighted by atomic mass is 32.2. The zero-order chi connectivity index (χ0) is 10.6. The van der Waals surface area contributed by atoms with Crippen molar-refractivity contribution in [1.82, 2.24) is 4.90 Å². The number of rotatable bonds is 3. The van der Waals surface area contributed by atoms with Gasteiger partial charge in [-0.3, -0.25) is 4.79 Å². The van der Waals surface area contributed by atoms with Crippen LogP contribution in [0.25, 0.3) is 0 Å². The average Bonchev–Trinajstić information content (AvgIpc) is 2.27. The van der Waals surface area contributed by atoms with Crippen LogP contribution in [0.15, 0.2) is 0 Å². The van der Waals surface area contributed by atoms with Crippen molar-refractivity contribution in [3.05, 3.63) is 0 Å². The highest BCUT2D eigenvalue weighted by molar-refractivity contribution is 7.99. The highest BCUT2D eigenvalue weighted by Crippen LogP contribution is 2.18. The molecule has 0 bridgehead atoms. The summed E-state index contributed by atoms with van der Waals surface area (Å²) in [5.41, 5.74) is 5.60. The second kappa shape index (κ2) is 5.61. The van der Waals surface area contributed by atoms with Gasteiger partial charge < -0.3 is 10.6 Å². The summed E-state index contributed by atoms with van der Waals surface area (Å²) in [4.78, 5) is 13.8. The molecule has 82 valence electrons. The van der Waals surface area contributed by atoms with Crippen molar-refractivity contribution in [2.24, 2.45) is 11.7 Å². The lowest BCUT2D eigenvalue weighted by Crippen LogP contribution is -2.43. The third-order valence-electron chi connectivity index (χ3n) is 2.96. The van der Waals surface area contributed by atoms with E-state index >= 15 is 0 Å². The van der Waals surface area contributed by atoms with Gasteiger partial charge in [0.15, 0.2) is 0 Å². The second-order valence-corrected chi connectivity index (χ2v) is 5.06. The van der Waals surface area contributed by atoms with Gasteiger partial charge in [0.2, 0.25) is 5.91 Å².